The average molecular weight is 299 g/mol. The molecule has 0 aromatic heterocycles. The van der Waals surface area contributed by atoms with Gasteiger partial charge < -0.3 is 14.7 Å². The zero-order chi connectivity index (χ0) is 15.9. The lowest BCUT2D eigenvalue weighted by Crippen LogP contribution is -2.53. The van der Waals surface area contributed by atoms with Crippen molar-refractivity contribution in [1.29, 1.82) is 0 Å². The summed E-state index contributed by atoms with van der Waals surface area (Å²) >= 11 is 0. The predicted octanol–water partition coefficient (Wildman–Crippen LogP) is 2.54. The summed E-state index contributed by atoms with van der Waals surface area (Å²) in [7, 11) is 1.52. The molecule has 1 fully saturated rings. The highest BCUT2D eigenvalue weighted by atomic mass is 16.5. The van der Waals surface area contributed by atoms with Crippen LogP contribution in [0.25, 0.3) is 0 Å². The largest absolute Gasteiger partial charge is 0.481 e. The number of nitrogens with zero attached hydrogens (tertiary/aromatic N) is 1. The number of aliphatic carboxylic acids is 1. The molecule has 1 rings (SSSR count). The molecule has 0 aromatic carbocycles. The van der Waals surface area contributed by atoms with E-state index in [1.54, 1.807) is 4.90 Å². The summed E-state index contributed by atoms with van der Waals surface area (Å²) in [6.07, 6.45) is 5.14. The van der Waals surface area contributed by atoms with Gasteiger partial charge in [-0.2, -0.15) is 0 Å². The van der Waals surface area contributed by atoms with Crippen LogP contribution in [0.2, 0.25) is 0 Å². The molecule has 0 radical (unpaired) electrons. The van der Waals surface area contributed by atoms with Crippen LogP contribution in [-0.2, 0) is 14.3 Å². The summed E-state index contributed by atoms with van der Waals surface area (Å²) in [5, 5.41) is 9.54. The molecule has 21 heavy (non-hydrogen) atoms. The van der Waals surface area contributed by atoms with E-state index in [0.717, 1.165) is 32.1 Å². The monoisotopic (exact) mass is 299 g/mol. The third-order valence-electron chi connectivity index (χ3n) is 4.51. The van der Waals surface area contributed by atoms with Gasteiger partial charge in [-0.3, -0.25) is 9.59 Å². The fourth-order valence-corrected chi connectivity index (χ4v) is 3.16. The van der Waals surface area contributed by atoms with Crippen molar-refractivity contribution in [3.05, 3.63) is 0 Å². The molecule has 1 aliphatic heterocycles. The number of likely N-dealkylation sites (tertiary alicyclic amines) is 1. The van der Waals surface area contributed by atoms with E-state index in [4.69, 9.17) is 4.74 Å². The molecule has 2 unspecified atom stereocenters. The van der Waals surface area contributed by atoms with Crippen molar-refractivity contribution in [2.45, 2.75) is 52.4 Å². The van der Waals surface area contributed by atoms with Gasteiger partial charge in [0.25, 0.3) is 0 Å². The van der Waals surface area contributed by atoms with Crippen molar-refractivity contribution >= 4 is 11.9 Å². The van der Waals surface area contributed by atoms with Crippen molar-refractivity contribution in [3.8, 4) is 0 Å². The first-order chi connectivity index (χ1) is 10.0. The molecule has 1 heterocycles. The maximum Gasteiger partial charge on any atom is 0.313 e. The lowest BCUT2D eigenvalue weighted by atomic mass is 9.80. The van der Waals surface area contributed by atoms with Crippen LogP contribution in [0.15, 0.2) is 0 Å². The standard InChI is InChI=1S/C16H29NO4/c1-4-6-8-13(5-2)14(18)17-10-7-9-16(11-17,12-21-3)15(19)20/h13H,4-12H2,1-3H3,(H,19,20). The zero-order valence-corrected chi connectivity index (χ0v) is 13.6. The topological polar surface area (TPSA) is 66.8 Å². The highest BCUT2D eigenvalue weighted by Crippen LogP contribution is 2.32. The Morgan fingerprint density at radius 2 is 2.10 bits per heavy atom. The van der Waals surface area contributed by atoms with Gasteiger partial charge in [0.1, 0.15) is 5.41 Å². The molecule has 5 heteroatoms. The Morgan fingerprint density at radius 1 is 1.38 bits per heavy atom. The van der Waals surface area contributed by atoms with Gasteiger partial charge in [-0.15, -0.1) is 0 Å². The summed E-state index contributed by atoms with van der Waals surface area (Å²) in [4.78, 5) is 26.0. The number of methoxy groups -OCH3 is 1. The quantitative estimate of drug-likeness (QED) is 0.748. The molecule has 0 saturated carbocycles. The van der Waals surface area contributed by atoms with E-state index in [1.807, 2.05) is 6.92 Å². The Kier molecular flexibility index (Phi) is 7.15. The van der Waals surface area contributed by atoms with Gasteiger partial charge >= 0.3 is 5.97 Å². The van der Waals surface area contributed by atoms with Gasteiger partial charge in [-0.05, 0) is 25.7 Å². The van der Waals surface area contributed by atoms with E-state index < -0.39 is 11.4 Å². The zero-order valence-electron chi connectivity index (χ0n) is 13.6. The summed E-state index contributed by atoms with van der Waals surface area (Å²) in [5.41, 5.74) is -0.939. The first kappa shape index (κ1) is 18.0. The Morgan fingerprint density at radius 3 is 2.62 bits per heavy atom. The van der Waals surface area contributed by atoms with E-state index in [-0.39, 0.29) is 25.0 Å². The van der Waals surface area contributed by atoms with Crippen LogP contribution in [0.4, 0.5) is 0 Å². The molecule has 1 N–H and O–H groups in total. The number of hydrogen-bond acceptors (Lipinski definition) is 3. The van der Waals surface area contributed by atoms with Crippen LogP contribution >= 0.6 is 0 Å². The number of amides is 1. The van der Waals surface area contributed by atoms with Crippen LogP contribution < -0.4 is 0 Å². The molecular formula is C16H29NO4. The Balaban J connectivity index is 2.77. The number of carbonyl (C=O) groups excluding carboxylic acids is 1. The second-order valence-corrected chi connectivity index (χ2v) is 6.13. The third kappa shape index (κ3) is 4.43. The molecule has 0 aromatic rings. The normalized spacial score (nSPS) is 23.9. The number of carboxylic acids is 1. The van der Waals surface area contributed by atoms with Crippen molar-refractivity contribution in [1.82, 2.24) is 4.90 Å². The molecule has 1 aliphatic rings. The molecule has 1 saturated heterocycles. The average Bonchev–Trinajstić information content (AvgIpc) is 2.48. The van der Waals surface area contributed by atoms with Gasteiger partial charge in [0, 0.05) is 26.1 Å². The van der Waals surface area contributed by atoms with E-state index in [0.29, 0.717) is 13.0 Å². The number of carboxylic acid groups (broad SMARTS) is 1. The second kappa shape index (κ2) is 8.37. The fraction of sp³-hybridized carbons (Fsp3) is 0.875. The smallest absolute Gasteiger partial charge is 0.313 e. The molecule has 0 bridgehead atoms. The highest BCUT2D eigenvalue weighted by molar-refractivity contribution is 5.81. The number of hydrogen-bond donors (Lipinski definition) is 1. The van der Waals surface area contributed by atoms with Crippen LogP contribution in [0.1, 0.15) is 52.4 Å². The summed E-state index contributed by atoms with van der Waals surface area (Å²) < 4.78 is 5.11. The summed E-state index contributed by atoms with van der Waals surface area (Å²) in [5.74, 6) is -0.715. The van der Waals surface area contributed by atoms with Gasteiger partial charge in [0.2, 0.25) is 5.91 Å². The van der Waals surface area contributed by atoms with Crippen molar-refractivity contribution in [2.24, 2.45) is 11.3 Å². The van der Waals surface area contributed by atoms with E-state index >= 15 is 0 Å². The Bertz CT molecular complexity index is 354. The van der Waals surface area contributed by atoms with Crippen LogP contribution in [0.5, 0.6) is 0 Å². The third-order valence-corrected chi connectivity index (χ3v) is 4.51. The molecule has 122 valence electrons. The SMILES string of the molecule is CCCCC(CC)C(=O)N1CCCC(COC)(C(=O)O)C1. The minimum absolute atomic E-state index is 0.0251. The van der Waals surface area contributed by atoms with Crippen LogP contribution in [-0.4, -0.2) is 48.7 Å². The van der Waals surface area contributed by atoms with Gasteiger partial charge in [-0.1, -0.05) is 26.7 Å². The van der Waals surface area contributed by atoms with Crippen molar-refractivity contribution in [3.63, 3.8) is 0 Å². The number of unbranched alkanes of at least 4 members (excludes halogenated alkanes) is 1. The van der Waals surface area contributed by atoms with Crippen molar-refractivity contribution < 1.29 is 19.4 Å². The van der Waals surface area contributed by atoms with Crippen LogP contribution in [0, 0.1) is 11.3 Å². The first-order valence-corrected chi connectivity index (χ1v) is 8.01. The van der Waals surface area contributed by atoms with Crippen LogP contribution in [0.3, 0.4) is 0 Å². The number of carbonyl (C=O) groups is 2. The lowest BCUT2D eigenvalue weighted by Gasteiger charge is -2.40. The predicted molar refractivity (Wildman–Crippen MR) is 81.1 cm³/mol. The van der Waals surface area contributed by atoms with Crippen molar-refractivity contribution in [2.75, 3.05) is 26.8 Å². The second-order valence-electron chi connectivity index (χ2n) is 6.13. The summed E-state index contributed by atoms with van der Waals surface area (Å²) in [6.45, 7) is 5.25. The minimum atomic E-state index is -0.939. The first-order valence-electron chi connectivity index (χ1n) is 8.01. The molecule has 5 nitrogen and oxygen atoms in total. The van der Waals surface area contributed by atoms with E-state index in [1.165, 1.54) is 7.11 Å². The fourth-order valence-electron chi connectivity index (χ4n) is 3.16. The molecule has 0 aliphatic carbocycles. The van der Waals surface area contributed by atoms with Gasteiger partial charge in [0.05, 0.1) is 6.61 Å². The number of rotatable bonds is 8. The molecule has 1 amide bonds. The maximum absolute atomic E-state index is 12.6. The molecular weight excluding hydrogens is 270 g/mol. The van der Waals surface area contributed by atoms with Gasteiger partial charge in [0.15, 0.2) is 0 Å². The summed E-state index contributed by atoms with van der Waals surface area (Å²) in [6, 6.07) is 0. The van der Waals surface area contributed by atoms with E-state index in [9.17, 15) is 14.7 Å². The lowest BCUT2D eigenvalue weighted by molar-refractivity contribution is -0.160. The maximum atomic E-state index is 12.6. The Labute approximate surface area is 127 Å². The Hall–Kier alpha value is -1.10. The molecule has 2 atom stereocenters. The number of piperidine rings is 1. The van der Waals surface area contributed by atoms with E-state index in [2.05, 4.69) is 6.92 Å². The van der Waals surface area contributed by atoms with Gasteiger partial charge in [-0.25, -0.2) is 0 Å². The molecule has 0 spiro atoms. The highest BCUT2D eigenvalue weighted by Gasteiger charge is 2.44. The minimum Gasteiger partial charge on any atom is -0.481 e. The number of ether oxygens (including phenoxy) is 1.